The quantitative estimate of drug-likeness (QED) is 0.493. The molecule has 0 radical (unpaired) electrons. The van der Waals surface area contributed by atoms with E-state index in [1.165, 1.54) is 38.4 Å². The smallest absolute Gasteiger partial charge is 0.267 e. The highest BCUT2D eigenvalue weighted by molar-refractivity contribution is 7.99. The molecule has 2 N–H and O–H groups in total. The Labute approximate surface area is 176 Å². The molecule has 0 atom stereocenters. The van der Waals surface area contributed by atoms with Gasteiger partial charge in [-0.25, -0.2) is 0 Å². The maximum absolute atomic E-state index is 12.7. The monoisotopic (exact) mass is 412 g/mol. The first-order valence-electron chi connectivity index (χ1n) is 10.1. The summed E-state index contributed by atoms with van der Waals surface area (Å²) >= 11 is 1.93. The van der Waals surface area contributed by atoms with E-state index in [4.69, 9.17) is 4.42 Å². The number of aryl methyl sites for hydroxylation is 1. The van der Waals surface area contributed by atoms with Crippen LogP contribution in [0.4, 0.5) is 0 Å². The van der Waals surface area contributed by atoms with E-state index >= 15 is 0 Å². The van der Waals surface area contributed by atoms with Crippen molar-refractivity contribution in [1.82, 2.24) is 10.6 Å². The Morgan fingerprint density at radius 1 is 1.17 bits per heavy atom. The van der Waals surface area contributed by atoms with Crippen molar-refractivity contribution < 1.29 is 14.0 Å². The van der Waals surface area contributed by atoms with Crippen molar-refractivity contribution in [2.75, 3.05) is 12.3 Å². The Hall–Kier alpha value is -2.47. The van der Waals surface area contributed by atoms with E-state index in [0.717, 1.165) is 11.3 Å². The summed E-state index contributed by atoms with van der Waals surface area (Å²) in [5, 5.41) is 6.36. The molecule has 2 aromatic rings. The molecule has 3 rings (SSSR count). The van der Waals surface area contributed by atoms with Gasteiger partial charge in [-0.1, -0.05) is 37.0 Å². The molecule has 29 heavy (non-hydrogen) atoms. The van der Waals surface area contributed by atoms with Gasteiger partial charge in [-0.2, -0.15) is 11.8 Å². The summed E-state index contributed by atoms with van der Waals surface area (Å²) in [5.41, 5.74) is 1.67. The molecule has 0 bridgehead atoms. The lowest BCUT2D eigenvalue weighted by Crippen LogP contribution is -2.36. The minimum Gasteiger partial charge on any atom is -0.465 e. The fraction of sp³-hybridized carbons (Fsp3) is 0.391. The van der Waals surface area contributed by atoms with Crippen LogP contribution in [-0.4, -0.2) is 29.4 Å². The normalized spacial score (nSPS) is 15.1. The fourth-order valence-corrected chi connectivity index (χ4v) is 4.59. The van der Waals surface area contributed by atoms with E-state index in [9.17, 15) is 9.59 Å². The zero-order valence-corrected chi connectivity index (χ0v) is 17.6. The molecule has 154 valence electrons. The minimum atomic E-state index is -0.321. The van der Waals surface area contributed by atoms with Crippen LogP contribution < -0.4 is 10.6 Å². The van der Waals surface area contributed by atoms with Crippen LogP contribution in [0.5, 0.6) is 0 Å². The van der Waals surface area contributed by atoms with Gasteiger partial charge in [-0.15, -0.1) is 0 Å². The first kappa shape index (κ1) is 21.2. The molecular weight excluding hydrogens is 384 g/mol. The fourth-order valence-electron chi connectivity index (χ4n) is 3.37. The highest BCUT2D eigenvalue weighted by Crippen LogP contribution is 2.27. The van der Waals surface area contributed by atoms with Gasteiger partial charge in [0.2, 0.25) is 0 Å². The number of thioether (sulfide) groups is 1. The van der Waals surface area contributed by atoms with E-state index in [1.54, 1.807) is 30.3 Å². The largest absolute Gasteiger partial charge is 0.465 e. The molecule has 0 saturated heterocycles. The number of amides is 2. The summed E-state index contributed by atoms with van der Waals surface area (Å²) in [6.07, 6.45) is 9.59. The molecule has 6 heteroatoms. The number of benzene rings is 1. The van der Waals surface area contributed by atoms with Crippen molar-refractivity contribution in [1.29, 1.82) is 0 Å². The van der Waals surface area contributed by atoms with Gasteiger partial charge >= 0.3 is 0 Å². The van der Waals surface area contributed by atoms with Crippen molar-refractivity contribution in [3.05, 3.63) is 65.2 Å². The van der Waals surface area contributed by atoms with Crippen LogP contribution in [0.1, 0.15) is 53.8 Å². The molecule has 1 aliphatic rings. The molecule has 0 spiro atoms. The lowest BCUT2D eigenvalue weighted by Gasteiger charge is -2.21. The van der Waals surface area contributed by atoms with E-state index in [-0.39, 0.29) is 17.5 Å². The van der Waals surface area contributed by atoms with Gasteiger partial charge in [-0.05, 0) is 44.0 Å². The number of furan rings is 1. The van der Waals surface area contributed by atoms with Gasteiger partial charge in [0.1, 0.15) is 11.5 Å². The van der Waals surface area contributed by atoms with Crippen LogP contribution in [0.15, 0.2) is 52.8 Å². The van der Waals surface area contributed by atoms with Crippen molar-refractivity contribution >= 4 is 29.7 Å². The summed E-state index contributed by atoms with van der Waals surface area (Å²) in [5.74, 6) is 0.747. The van der Waals surface area contributed by atoms with Gasteiger partial charge in [-0.3, -0.25) is 9.59 Å². The zero-order valence-electron chi connectivity index (χ0n) is 16.8. The summed E-state index contributed by atoms with van der Waals surface area (Å²) in [7, 11) is 0. The van der Waals surface area contributed by atoms with Crippen molar-refractivity contribution in [3.8, 4) is 0 Å². The SMILES string of the molecule is Cc1cccc(C(=O)N/C(=C\c2ccco2)C(=O)NCCSC2CCCCC2)c1. The maximum atomic E-state index is 12.7. The molecule has 2 amide bonds. The summed E-state index contributed by atoms with van der Waals surface area (Å²) in [6, 6.07) is 10.7. The van der Waals surface area contributed by atoms with Gasteiger partial charge in [0.05, 0.1) is 6.26 Å². The average molecular weight is 413 g/mol. The summed E-state index contributed by atoms with van der Waals surface area (Å²) in [6.45, 7) is 2.49. The third-order valence-electron chi connectivity index (χ3n) is 4.90. The molecule has 1 aromatic carbocycles. The van der Waals surface area contributed by atoms with Crippen molar-refractivity contribution in [2.45, 2.75) is 44.3 Å². The Kier molecular flexibility index (Phi) is 7.99. The molecule has 1 aliphatic carbocycles. The topological polar surface area (TPSA) is 71.3 Å². The van der Waals surface area contributed by atoms with Crippen LogP contribution in [0.3, 0.4) is 0 Å². The molecule has 5 nitrogen and oxygen atoms in total. The average Bonchev–Trinajstić information content (AvgIpc) is 3.24. The van der Waals surface area contributed by atoms with Gasteiger partial charge in [0.15, 0.2) is 0 Å². The zero-order chi connectivity index (χ0) is 20.5. The summed E-state index contributed by atoms with van der Waals surface area (Å²) in [4.78, 5) is 25.3. The standard InChI is InChI=1S/C23H28N2O3S/c1-17-7-5-8-18(15-17)22(26)25-21(16-19-9-6-13-28-19)23(27)24-12-14-29-20-10-3-2-4-11-20/h5-9,13,15-16,20H,2-4,10-12,14H2,1H3,(H,24,27)(H,25,26)/b21-16-. The second-order valence-corrected chi connectivity index (χ2v) is 8.69. The molecule has 1 aromatic heterocycles. The Balaban J connectivity index is 1.59. The van der Waals surface area contributed by atoms with Crippen LogP contribution in [0.2, 0.25) is 0 Å². The van der Waals surface area contributed by atoms with E-state index in [0.29, 0.717) is 23.1 Å². The molecule has 1 saturated carbocycles. The Bertz CT molecular complexity index is 840. The summed E-state index contributed by atoms with van der Waals surface area (Å²) < 4.78 is 5.31. The first-order valence-corrected chi connectivity index (χ1v) is 11.2. The molecule has 1 fully saturated rings. The van der Waals surface area contributed by atoms with Gasteiger partial charge in [0.25, 0.3) is 11.8 Å². The number of nitrogens with one attached hydrogen (secondary N) is 2. The van der Waals surface area contributed by atoms with Crippen LogP contribution in [0, 0.1) is 6.92 Å². The third kappa shape index (κ3) is 6.82. The van der Waals surface area contributed by atoms with Crippen LogP contribution in [-0.2, 0) is 4.79 Å². The van der Waals surface area contributed by atoms with Crippen molar-refractivity contribution in [3.63, 3.8) is 0 Å². The number of hydrogen-bond donors (Lipinski definition) is 2. The first-order chi connectivity index (χ1) is 14.1. The van der Waals surface area contributed by atoms with E-state index < -0.39 is 0 Å². The van der Waals surface area contributed by atoms with E-state index in [1.807, 2.05) is 30.8 Å². The molecule has 0 unspecified atom stereocenters. The predicted molar refractivity (Wildman–Crippen MR) is 118 cm³/mol. The highest BCUT2D eigenvalue weighted by Gasteiger charge is 2.16. The van der Waals surface area contributed by atoms with Crippen LogP contribution >= 0.6 is 11.8 Å². The second-order valence-electron chi connectivity index (χ2n) is 7.28. The number of hydrogen-bond acceptors (Lipinski definition) is 4. The van der Waals surface area contributed by atoms with Crippen molar-refractivity contribution in [2.24, 2.45) is 0 Å². The third-order valence-corrected chi connectivity index (χ3v) is 6.28. The number of rotatable bonds is 8. The second kappa shape index (κ2) is 10.9. The number of carbonyl (C=O) groups is 2. The predicted octanol–water partition coefficient (Wildman–Crippen LogP) is 4.54. The molecule has 1 heterocycles. The number of carbonyl (C=O) groups excluding carboxylic acids is 2. The highest BCUT2D eigenvalue weighted by atomic mass is 32.2. The lowest BCUT2D eigenvalue weighted by molar-refractivity contribution is -0.117. The molecule has 0 aliphatic heterocycles. The Morgan fingerprint density at radius 3 is 2.72 bits per heavy atom. The Morgan fingerprint density at radius 2 is 2.00 bits per heavy atom. The maximum Gasteiger partial charge on any atom is 0.267 e. The lowest BCUT2D eigenvalue weighted by atomic mass is 10.0. The van der Waals surface area contributed by atoms with Gasteiger partial charge in [0, 0.05) is 29.2 Å². The van der Waals surface area contributed by atoms with Gasteiger partial charge < -0.3 is 15.1 Å². The van der Waals surface area contributed by atoms with Crippen LogP contribution in [0.25, 0.3) is 6.08 Å². The minimum absolute atomic E-state index is 0.175. The van der Waals surface area contributed by atoms with E-state index in [2.05, 4.69) is 10.6 Å². The molecular formula is C23H28N2O3S.